The van der Waals surface area contributed by atoms with E-state index < -0.39 is 14.0 Å². The summed E-state index contributed by atoms with van der Waals surface area (Å²) in [4.78, 5) is 30.3. The number of para-hydroxylation sites is 1. The van der Waals surface area contributed by atoms with Crippen LogP contribution in [0.4, 0.5) is 10.2 Å². The van der Waals surface area contributed by atoms with Crippen LogP contribution in [0, 0.1) is 11.2 Å². The lowest BCUT2D eigenvalue weighted by molar-refractivity contribution is -0.139. The first kappa shape index (κ1) is 34.4. The highest BCUT2D eigenvalue weighted by atomic mass is 31.1. The fourth-order valence-electron chi connectivity index (χ4n) is 4.41. The fourth-order valence-corrected chi connectivity index (χ4v) is 4.79. The molecule has 1 aromatic carbocycles. The SMILES string of the molecule is COc1ccccc1F.CP(N)COCC(C)(C)CN(CCC(=O)O)C(=O)CCCCc1ccc2c(n1)NCCC2. The minimum absolute atomic E-state index is 0.00374. The van der Waals surface area contributed by atoms with E-state index in [1.807, 2.05) is 20.5 Å². The van der Waals surface area contributed by atoms with E-state index in [1.54, 1.807) is 23.1 Å². The summed E-state index contributed by atoms with van der Waals surface area (Å²) in [7, 11) is 0.819. The van der Waals surface area contributed by atoms with Gasteiger partial charge in [0.15, 0.2) is 11.6 Å². The number of nitrogens with one attached hydrogen (secondary N) is 1. The van der Waals surface area contributed by atoms with E-state index >= 15 is 0 Å². The number of nitrogens with two attached hydrogens (primary N) is 1. The molecule has 1 aromatic heterocycles. The van der Waals surface area contributed by atoms with Crippen LogP contribution in [0.1, 0.15) is 57.2 Å². The molecule has 2 aromatic rings. The van der Waals surface area contributed by atoms with Gasteiger partial charge in [-0.25, -0.2) is 9.37 Å². The van der Waals surface area contributed by atoms with Crippen LogP contribution in [-0.2, 0) is 27.2 Å². The molecule has 0 saturated carbocycles. The number of aliphatic carboxylic acids is 1. The van der Waals surface area contributed by atoms with Crippen molar-refractivity contribution in [1.82, 2.24) is 9.88 Å². The number of hydrogen-bond acceptors (Lipinski definition) is 7. The van der Waals surface area contributed by atoms with E-state index in [0.717, 1.165) is 50.2 Å². The van der Waals surface area contributed by atoms with Crippen molar-refractivity contribution >= 4 is 25.8 Å². The molecule has 9 nitrogen and oxygen atoms in total. The third-order valence-corrected chi connectivity index (χ3v) is 7.03. The molecule has 0 aliphatic carbocycles. The number of amides is 1. The summed E-state index contributed by atoms with van der Waals surface area (Å²) in [5.41, 5.74) is 7.84. The summed E-state index contributed by atoms with van der Waals surface area (Å²) < 4.78 is 22.8. The Morgan fingerprint density at radius 2 is 1.95 bits per heavy atom. The van der Waals surface area contributed by atoms with Crippen LogP contribution < -0.4 is 15.6 Å². The van der Waals surface area contributed by atoms with E-state index in [4.69, 9.17) is 20.3 Å². The van der Waals surface area contributed by atoms with Crippen molar-refractivity contribution in [3.8, 4) is 5.75 Å². The number of carbonyl (C=O) groups is 2. The molecule has 228 valence electrons. The molecule has 1 atom stereocenters. The molecule has 41 heavy (non-hydrogen) atoms. The molecule has 1 unspecified atom stereocenters. The second-order valence-electron chi connectivity index (χ2n) is 11.0. The zero-order chi connectivity index (χ0) is 30.3. The second-order valence-corrected chi connectivity index (χ2v) is 12.8. The molecule has 0 radical (unpaired) electrons. The number of ether oxygens (including phenoxy) is 2. The van der Waals surface area contributed by atoms with Crippen molar-refractivity contribution in [3.63, 3.8) is 0 Å². The van der Waals surface area contributed by atoms with Crippen LogP contribution in [-0.4, -0.2) is 73.2 Å². The highest BCUT2D eigenvalue weighted by Gasteiger charge is 2.26. The molecule has 0 spiro atoms. The number of carboxylic acid groups (broad SMARTS) is 1. The van der Waals surface area contributed by atoms with E-state index in [9.17, 15) is 14.0 Å². The lowest BCUT2D eigenvalue weighted by Gasteiger charge is -2.32. The van der Waals surface area contributed by atoms with Gasteiger partial charge in [0.1, 0.15) is 5.82 Å². The molecule has 0 fully saturated rings. The fraction of sp³-hybridized carbons (Fsp3) is 0.567. The smallest absolute Gasteiger partial charge is 0.305 e. The van der Waals surface area contributed by atoms with Crippen molar-refractivity contribution in [2.45, 2.75) is 58.8 Å². The first-order valence-corrected chi connectivity index (χ1v) is 16.1. The summed E-state index contributed by atoms with van der Waals surface area (Å²) in [5, 5.41) is 12.4. The first-order chi connectivity index (χ1) is 19.5. The molecule has 1 aliphatic rings. The number of aryl methyl sites for hydroxylation is 2. The lowest BCUT2D eigenvalue weighted by Crippen LogP contribution is -2.42. The predicted molar refractivity (Wildman–Crippen MR) is 162 cm³/mol. The van der Waals surface area contributed by atoms with E-state index in [2.05, 4.69) is 22.2 Å². The molecule has 4 N–H and O–H groups in total. The lowest BCUT2D eigenvalue weighted by atomic mass is 9.93. The number of nitrogens with zero attached hydrogens (tertiary/aromatic N) is 2. The Balaban J connectivity index is 0.000000553. The second kappa shape index (κ2) is 17.9. The number of pyridine rings is 1. The van der Waals surface area contributed by atoms with Crippen molar-refractivity contribution in [1.29, 1.82) is 0 Å². The molecular weight excluding hydrogens is 546 g/mol. The molecule has 3 rings (SSSR count). The van der Waals surface area contributed by atoms with Gasteiger partial charge < -0.3 is 30.3 Å². The van der Waals surface area contributed by atoms with E-state index in [0.29, 0.717) is 25.9 Å². The summed E-state index contributed by atoms with van der Waals surface area (Å²) in [5.74, 6) is 0.0663. The van der Waals surface area contributed by atoms with Gasteiger partial charge in [-0.05, 0) is 70.6 Å². The van der Waals surface area contributed by atoms with Crippen molar-refractivity contribution in [3.05, 3.63) is 53.5 Å². The van der Waals surface area contributed by atoms with Crippen LogP contribution in [0.5, 0.6) is 5.75 Å². The highest BCUT2D eigenvalue weighted by Crippen LogP contribution is 2.24. The maximum absolute atomic E-state index is 12.9. The van der Waals surface area contributed by atoms with Crippen molar-refractivity contribution < 1.29 is 28.6 Å². The third-order valence-electron chi connectivity index (χ3n) is 6.44. The monoisotopic (exact) mass is 592 g/mol. The number of rotatable bonds is 15. The van der Waals surface area contributed by atoms with Crippen LogP contribution >= 0.6 is 8.07 Å². The van der Waals surface area contributed by atoms with Gasteiger partial charge in [0.2, 0.25) is 5.91 Å². The number of anilines is 1. The molecule has 11 heteroatoms. The first-order valence-electron chi connectivity index (χ1n) is 14.0. The Kier molecular flexibility index (Phi) is 15.0. The van der Waals surface area contributed by atoms with Crippen LogP contribution in [0.3, 0.4) is 0 Å². The third kappa shape index (κ3) is 13.6. The van der Waals surface area contributed by atoms with Crippen LogP contribution in [0.15, 0.2) is 36.4 Å². The maximum atomic E-state index is 12.9. The number of fused-ring (bicyclic) bond motifs is 1. The minimum Gasteiger partial charge on any atom is -0.494 e. The van der Waals surface area contributed by atoms with E-state index in [1.165, 1.54) is 18.7 Å². The Bertz CT molecular complexity index is 1100. The molecule has 1 amide bonds. The van der Waals surface area contributed by atoms with Gasteiger partial charge in [0.05, 0.1) is 26.5 Å². The molecule has 1 aliphatic heterocycles. The quantitative estimate of drug-likeness (QED) is 0.188. The topological polar surface area (TPSA) is 127 Å². The van der Waals surface area contributed by atoms with Gasteiger partial charge in [-0.2, -0.15) is 0 Å². The van der Waals surface area contributed by atoms with Crippen LogP contribution in [0.2, 0.25) is 0 Å². The number of methoxy groups -OCH3 is 1. The number of benzene rings is 1. The van der Waals surface area contributed by atoms with Gasteiger partial charge >= 0.3 is 5.97 Å². The van der Waals surface area contributed by atoms with Gasteiger partial charge in [0.25, 0.3) is 0 Å². The Hall–Kier alpha value is -2.81. The molecule has 2 heterocycles. The van der Waals surface area contributed by atoms with Gasteiger partial charge in [0, 0.05) is 37.2 Å². The highest BCUT2D eigenvalue weighted by molar-refractivity contribution is 7.54. The average Bonchev–Trinajstić information content (AvgIpc) is 2.93. The molecular formula is C30H46FN4O5P. The Morgan fingerprint density at radius 1 is 1.20 bits per heavy atom. The zero-order valence-corrected chi connectivity index (χ0v) is 25.7. The summed E-state index contributed by atoms with van der Waals surface area (Å²) >= 11 is 0. The van der Waals surface area contributed by atoms with E-state index in [-0.39, 0.29) is 35.9 Å². The number of hydrogen-bond donors (Lipinski definition) is 3. The van der Waals surface area contributed by atoms with Crippen molar-refractivity contribution in [2.24, 2.45) is 10.9 Å². The molecule has 0 saturated heterocycles. The Morgan fingerprint density at radius 3 is 2.61 bits per heavy atom. The van der Waals surface area contributed by atoms with Gasteiger partial charge in [-0.3, -0.25) is 9.59 Å². The number of carbonyl (C=O) groups excluding carboxylic acids is 1. The number of halogens is 1. The standard InChI is InChI=1S/C23H39N4O4P.C7H7FO/c1-23(2,16-31-17-32(3)24)15-27(14-12-21(29)30)20(28)9-5-4-8-19-11-10-18-7-6-13-25-22(18)26-19;1-9-7-5-3-2-4-6(7)8/h10-11H,4-9,12-17,24H2,1-3H3,(H,25,26)(H,29,30);2-5H,1H3. The summed E-state index contributed by atoms with van der Waals surface area (Å²) in [6.07, 6.45) is 5.53. The van der Waals surface area contributed by atoms with Crippen LogP contribution in [0.25, 0.3) is 0 Å². The Labute approximate surface area is 244 Å². The number of aromatic nitrogens is 1. The van der Waals surface area contributed by atoms with Gasteiger partial charge in [-0.15, -0.1) is 0 Å². The molecule has 0 bridgehead atoms. The van der Waals surface area contributed by atoms with Crippen molar-refractivity contribution in [2.75, 3.05) is 51.7 Å². The predicted octanol–water partition coefficient (Wildman–Crippen LogP) is 5.28. The zero-order valence-electron chi connectivity index (χ0n) is 24.8. The van der Waals surface area contributed by atoms with Gasteiger partial charge in [-0.1, -0.05) is 32.0 Å². The average molecular weight is 593 g/mol. The summed E-state index contributed by atoms with van der Waals surface area (Å²) in [6, 6.07) is 10.5. The number of carboxylic acids is 1. The minimum atomic E-state index is -0.899. The number of unbranched alkanes of at least 4 members (excludes halogenated alkanes) is 1. The largest absolute Gasteiger partial charge is 0.494 e. The summed E-state index contributed by atoms with van der Waals surface area (Å²) in [6.45, 7) is 8.12. The maximum Gasteiger partial charge on any atom is 0.305 e. The normalized spacial score (nSPS) is 13.2.